The molecule has 0 unspecified atom stereocenters. The molecule has 2 aromatic heterocycles. The van der Waals surface area contributed by atoms with Crippen molar-refractivity contribution >= 4 is 28.1 Å². The van der Waals surface area contributed by atoms with Crippen LogP contribution in [0.25, 0.3) is 0 Å². The maximum atomic E-state index is 11.7. The standard InChI is InChI=1S/C9H11N5O2S/c1-2-3-10-9-14-13-8(17-9)7(15)12-6-4-11-16-5-6/h4-5H,2-3H2,1H3,(H,10,14)(H,12,15). The van der Waals surface area contributed by atoms with Gasteiger partial charge in [0.15, 0.2) is 0 Å². The van der Waals surface area contributed by atoms with Crippen molar-refractivity contribution < 1.29 is 9.32 Å². The molecule has 0 atom stereocenters. The number of anilines is 2. The number of nitrogens with zero attached hydrogens (tertiary/aromatic N) is 3. The van der Waals surface area contributed by atoms with Gasteiger partial charge in [-0.3, -0.25) is 4.79 Å². The molecule has 0 fully saturated rings. The molecule has 0 aliphatic heterocycles. The van der Waals surface area contributed by atoms with Gasteiger partial charge in [0, 0.05) is 6.54 Å². The van der Waals surface area contributed by atoms with Gasteiger partial charge in [0.25, 0.3) is 5.91 Å². The molecule has 2 rings (SSSR count). The van der Waals surface area contributed by atoms with Crippen LogP contribution in [0.3, 0.4) is 0 Å². The third-order valence-electron chi connectivity index (χ3n) is 1.84. The first kappa shape index (κ1) is 11.5. The van der Waals surface area contributed by atoms with Crippen molar-refractivity contribution in [3.8, 4) is 0 Å². The molecule has 8 heteroatoms. The van der Waals surface area contributed by atoms with Crippen LogP contribution in [-0.4, -0.2) is 27.8 Å². The van der Waals surface area contributed by atoms with Gasteiger partial charge in [-0.2, -0.15) is 0 Å². The summed E-state index contributed by atoms with van der Waals surface area (Å²) >= 11 is 1.21. The van der Waals surface area contributed by atoms with Crippen molar-refractivity contribution in [3.05, 3.63) is 17.5 Å². The Morgan fingerprint density at radius 1 is 1.53 bits per heavy atom. The third kappa shape index (κ3) is 3.00. The molecule has 1 amide bonds. The highest BCUT2D eigenvalue weighted by Gasteiger charge is 2.13. The first-order chi connectivity index (χ1) is 8.29. The molecule has 2 aromatic rings. The SMILES string of the molecule is CCCNc1nnc(C(=O)Nc2cnoc2)s1. The molecule has 0 bridgehead atoms. The molecule has 0 aromatic carbocycles. The van der Waals surface area contributed by atoms with E-state index in [1.807, 2.05) is 6.92 Å². The van der Waals surface area contributed by atoms with Gasteiger partial charge in [-0.05, 0) is 6.42 Å². The van der Waals surface area contributed by atoms with Crippen LogP contribution < -0.4 is 10.6 Å². The van der Waals surface area contributed by atoms with Crippen molar-refractivity contribution in [2.45, 2.75) is 13.3 Å². The number of amides is 1. The van der Waals surface area contributed by atoms with E-state index in [1.54, 1.807) is 0 Å². The summed E-state index contributed by atoms with van der Waals surface area (Å²) in [6.07, 6.45) is 3.74. The number of hydrogen-bond donors (Lipinski definition) is 2. The highest BCUT2D eigenvalue weighted by atomic mass is 32.1. The van der Waals surface area contributed by atoms with Gasteiger partial charge in [-0.15, -0.1) is 10.2 Å². The van der Waals surface area contributed by atoms with Crippen LogP contribution >= 0.6 is 11.3 Å². The van der Waals surface area contributed by atoms with Crippen LogP contribution in [0.15, 0.2) is 17.0 Å². The molecule has 7 nitrogen and oxygen atoms in total. The summed E-state index contributed by atoms with van der Waals surface area (Å²) in [5.74, 6) is -0.324. The van der Waals surface area contributed by atoms with Crippen LogP contribution in [0.4, 0.5) is 10.8 Å². The van der Waals surface area contributed by atoms with Gasteiger partial charge in [-0.25, -0.2) is 0 Å². The Balaban J connectivity index is 1.97. The van der Waals surface area contributed by atoms with E-state index in [1.165, 1.54) is 23.8 Å². The maximum Gasteiger partial charge on any atom is 0.286 e. The monoisotopic (exact) mass is 253 g/mol. The molecule has 0 aliphatic rings. The predicted octanol–water partition coefficient (Wildman–Crippen LogP) is 1.60. The predicted molar refractivity (Wildman–Crippen MR) is 63.1 cm³/mol. The summed E-state index contributed by atoms with van der Waals surface area (Å²) < 4.78 is 4.60. The Morgan fingerprint density at radius 3 is 3.12 bits per heavy atom. The second-order valence-corrected chi connectivity index (χ2v) is 4.18. The third-order valence-corrected chi connectivity index (χ3v) is 2.72. The number of carbonyl (C=O) groups excluding carboxylic acids is 1. The van der Waals surface area contributed by atoms with E-state index in [9.17, 15) is 4.79 Å². The fourth-order valence-electron chi connectivity index (χ4n) is 1.07. The molecule has 0 saturated heterocycles. The number of aromatic nitrogens is 3. The average molecular weight is 253 g/mol. The van der Waals surface area contributed by atoms with E-state index in [-0.39, 0.29) is 5.91 Å². The highest BCUT2D eigenvalue weighted by molar-refractivity contribution is 7.17. The molecule has 0 saturated carbocycles. The largest absolute Gasteiger partial charge is 0.363 e. The Kier molecular flexibility index (Phi) is 3.66. The lowest BCUT2D eigenvalue weighted by Crippen LogP contribution is -2.10. The molecule has 17 heavy (non-hydrogen) atoms. The summed E-state index contributed by atoms with van der Waals surface area (Å²) in [5.41, 5.74) is 0.494. The number of carbonyl (C=O) groups is 1. The van der Waals surface area contributed by atoms with E-state index in [4.69, 9.17) is 0 Å². The van der Waals surface area contributed by atoms with E-state index in [0.717, 1.165) is 13.0 Å². The fourth-order valence-corrected chi connectivity index (χ4v) is 1.73. The zero-order valence-electron chi connectivity index (χ0n) is 9.14. The minimum Gasteiger partial charge on any atom is -0.363 e. The van der Waals surface area contributed by atoms with Crippen LogP contribution in [0.1, 0.15) is 23.1 Å². The van der Waals surface area contributed by atoms with Crippen molar-refractivity contribution in [1.29, 1.82) is 0 Å². The van der Waals surface area contributed by atoms with Gasteiger partial charge in [0.05, 0.1) is 6.20 Å². The number of hydrogen-bond acceptors (Lipinski definition) is 7. The zero-order valence-corrected chi connectivity index (χ0v) is 9.95. The molecular formula is C9H11N5O2S. The van der Waals surface area contributed by atoms with Gasteiger partial charge in [0.1, 0.15) is 12.0 Å². The quantitative estimate of drug-likeness (QED) is 0.840. The summed E-state index contributed by atoms with van der Waals surface area (Å²) in [6, 6.07) is 0. The van der Waals surface area contributed by atoms with Crippen LogP contribution in [0.5, 0.6) is 0 Å². The lowest BCUT2D eigenvalue weighted by molar-refractivity contribution is 0.102. The minimum absolute atomic E-state index is 0.296. The summed E-state index contributed by atoms with van der Waals surface area (Å²) in [4.78, 5) is 11.7. The Morgan fingerprint density at radius 2 is 2.41 bits per heavy atom. The van der Waals surface area contributed by atoms with Gasteiger partial charge in [-0.1, -0.05) is 23.4 Å². The van der Waals surface area contributed by atoms with Crippen LogP contribution in [-0.2, 0) is 0 Å². The lowest BCUT2D eigenvalue weighted by atomic mass is 10.5. The lowest BCUT2D eigenvalue weighted by Gasteiger charge is -1.96. The second-order valence-electron chi connectivity index (χ2n) is 3.21. The smallest absolute Gasteiger partial charge is 0.286 e. The van der Waals surface area contributed by atoms with Crippen LogP contribution in [0.2, 0.25) is 0 Å². The summed E-state index contributed by atoms with van der Waals surface area (Å²) in [6.45, 7) is 2.86. The molecule has 0 spiro atoms. The van der Waals surface area contributed by atoms with Gasteiger partial charge in [0.2, 0.25) is 10.1 Å². The molecule has 0 radical (unpaired) electrons. The summed E-state index contributed by atoms with van der Waals surface area (Å²) in [7, 11) is 0. The van der Waals surface area contributed by atoms with Gasteiger partial charge < -0.3 is 15.2 Å². The topological polar surface area (TPSA) is 92.9 Å². The van der Waals surface area contributed by atoms with Crippen molar-refractivity contribution in [2.24, 2.45) is 0 Å². The van der Waals surface area contributed by atoms with E-state index >= 15 is 0 Å². The van der Waals surface area contributed by atoms with Crippen molar-refractivity contribution in [2.75, 3.05) is 17.2 Å². The first-order valence-electron chi connectivity index (χ1n) is 5.07. The van der Waals surface area contributed by atoms with Crippen molar-refractivity contribution in [1.82, 2.24) is 15.4 Å². The van der Waals surface area contributed by atoms with Gasteiger partial charge >= 0.3 is 0 Å². The Bertz CT molecular complexity index is 481. The Labute approximate surface area is 101 Å². The van der Waals surface area contributed by atoms with Crippen LogP contribution in [0, 0.1) is 0 Å². The highest BCUT2D eigenvalue weighted by Crippen LogP contribution is 2.16. The molecule has 2 heterocycles. The maximum absolute atomic E-state index is 11.7. The fraction of sp³-hybridized carbons (Fsp3) is 0.333. The first-order valence-corrected chi connectivity index (χ1v) is 5.89. The minimum atomic E-state index is -0.324. The van der Waals surface area contributed by atoms with E-state index in [2.05, 4.69) is 30.5 Å². The number of nitrogens with one attached hydrogen (secondary N) is 2. The van der Waals surface area contributed by atoms with Crippen molar-refractivity contribution in [3.63, 3.8) is 0 Å². The molecular weight excluding hydrogens is 242 g/mol. The molecule has 2 N–H and O–H groups in total. The van der Waals surface area contributed by atoms with E-state index < -0.39 is 0 Å². The molecule has 90 valence electrons. The van der Waals surface area contributed by atoms with E-state index in [0.29, 0.717) is 15.8 Å². The normalized spacial score (nSPS) is 10.2. The average Bonchev–Trinajstić information content (AvgIpc) is 2.96. The Hall–Kier alpha value is -1.96. The molecule has 0 aliphatic carbocycles. The summed E-state index contributed by atoms with van der Waals surface area (Å²) in [5, 5.41) is 17.7. The number of rotatable bonds is 5. The second kappa shape index (κ2) is 5.39. The zero-order chi connectivity index (χ0) is 12.1.